The maximum atomic E-state index is 10.5. The molecule has 0 heterocycles. The fourth-order valence-electron chi connectivity index (χ4n) is 1.62. The van der Waals surface area contributed by atoms with Crippen LogP contribution in [0.1, 0.15) is 25.8 Å². The van der Waals surface area contributed by atoms with Crippen LogP contribution < -0.4 is 4.74 Å². The third kappa shape index (κ3) is 5.68. The van der Waals surface area contributed by atoms with Crippen LogP contribution in [0, 0.1) is 0 Å². The van der Waals surface area contributed by atoms with Crippen molar-refractivity contribution in [2.45, 2.75) is 32.9 Å². The molecule has 0 aliphatic carbocycles. The van der Waals surface area contributed by atoms with Crippen LogP contribution in [0.3, 0.4) is 0 Å². The van der Waals surface area contributed by atoms with Crippen molar-refractivity contribution in [2.75, 3.05) is 13.6 Å². The second-order valence-electron chi connectivity index (χ2n) is 4.69. The van der Waals surface area contributed by atoms with E-state index in [-0.39, 0.29) is 12.5 Å². The van der Waals surface area contributed by atoms with E-state index in [0.717, 1.165) is 17.9 Å². The highest BCUT2D eigenvalue weighted by molar-refractivity contribution is 5.66. The summed E-state index contributed by atoms with van der Waals surface area (Å²) >= 11 is 0. The van der Waals surface area contributed by atoms with Crippen molar-refractivity contribution >= 4 is 5.97 Å². The van der Waals surface area contributed by atoms with Gasteiger partial charge < -0.3 is 14.7 Å². The quantitative estimate of drug-likeness (QED) is 0.808. The normalized spacial score (nSPS) is 10.9. The zero-order chi connectivity index (χ0) is 13.5. The molecule has 100 valence electrons. The number of aliphatic carboxylic acids is 1. The molecule has 1 aromatic carbocycles. The van der Waals surface area contributed by atoms with E-state index in [9.17, 15) is 4.79 Å². The van der Waals surface area contributed by atoms with Gasteiger partial charge in [-0.2, -0.15) is 0 Å². The minimum Gasteiger partial charge on any atom is -0.491 e. The van der Waals surface area contributed by atoms with Crippen molar-refractivity contribution in [1.82, 2.24) is 4.90 Å². The highest BCUT2D eigenvalue weighted by Crippen LogP contribution is 2.14. The number of benzene rings is 1. The maximum Gasteiger partial charge on any atom is 0.304 e. The zero-order valence-corrected chi connectivity index (χ0v) is 11.2. The van der Waals surface area contributed by atoms with Gasteiger partial charge in [-0.3, -0.25) is 4.79 Å². The summed E-state index contributed by atoms with van der Waals surface area (Å²) in [5.74, 6) is 0.101. The molecule has 0 unspecified atom stereocenters. The fourth-order valence-corrected chi connectivity index (χ4v) is 1.62. The molecule has 0 fully saturated rings. The van der Waals surface area contributed by atoms with E-state index >= 15 is 0 Å². The highest BCUT2D eigenvalue weighted by Gasteiger charge is 2.04. The predicted octanol–water partition coefficient (Wildman–Crippen LogP) is 2.38. The molecule has 1 rings (SSSR count). The zero-order valence-electron chi connectivity index (χ0n) is 11.2. The summed E-state index contributed by atoms with van der Waals surface area (Å²) in [4.78, 5) is 12.5. The van der Waals surface area contributed by atoms with Crippen LogP contribution in [-0.2, 0) is 11.3 Å². The lowest BCUT2D eigenvalue weighted by atomic mass is 10.2. The molecular weight excluding hydrogens is 230 g/mol. The van der Waals surface area contributed by atoms with Gasteiger partial charge in [0.15, 0.2) is 0 Å². The summed E-state index contributed by atoms with van der Waals surface area (Å²) in [6.45, 7) is 5.29. The average Bonchev–Trinajstić information content (AvgIpc) is 2.28. The lowest BCUT2D eigenvalue weighted by Gasteiger charge is -2.16. The SMILES string of the molecule is CC(C)Oc1ccc(CN(C)CCC(=O)O)cc1. The second-order valence-corrected chi connectivity index (χ2v) is 4.69. The number of carboxylic acid groups (broad SMARTS) is 1. The third-order valence-corrected chi connectivity index (χ3v) is 2.46. The van der Waals surface area contributed by atoms with Crippen LogP contribution in [0.4, 0.5) is 0 Å². The highest BCUT2D eigenvalue weighted by atomic mass is 16.5. The third-order valence-electron chi connectivity index (χ3n) is 2.46. The summed E-state index contributed by atoms with van der Waals surface area (Å²) in [7, 11) is 1.92. The van der Waals surface area contributed by atoms with E-state index in [1.165, 1.54) is 0 Å². The molecule has 0 amide bonds. The van der Waals surface area contributed by atoms with Crippen LogP contribution >= 0.6 is 0 Å². The van der Waals surface area contributed by atoms with Crippen LogP contribution in [0.2, 0.25) is 0 Å². The Kier molecular flexibility index (Phi) is 5.65. The molecular formula is C14H21NO3. The van der Waals surface area contributed by atoms with E-state index in [2.05, 4.69) is 0 Å². The Hall–Kier alpha value is -1.55. The molecule has 0 saturated heterocycles. The summed E-state index contributed by atoms with van der Waals surface area (Å²) in [6, 6.07) is 7.91. The Balaban J connectivity index is 2.45. The van der Waals surface area contributed by atoms with Gasteiger partial charge in [0.25, 0.3) is 0 Å². The lowest BCUT2D eigenvalue weighted by molar-refractivity contribution is -0.137. The lowest BCUT2D eigenvalue weighted by Crippen LogP contribution is -2.21. The first-order valence-electron chi connectivity index (χ1n) is 6.13. The first-order valence-corrected chi connectivity index (χ1v) is 6.13. The van der Waals surface area contributed by atoms with Gasteiger partial charge in [0.1, 0.15) is 5.75 Å². The molecule has 0 atom stereocenters. The fraction of sp³-hybridized carbons (Fsp3) is 0.500. The van der Waals surface area contributed by atoms with Crippen molar-refractivity contribution < 1.29 is 14.6 Å². The maximum absolute atomic E-state index is 10.5. The summed E-state index contributed by atoms with van der Waals surface area (Å²) in [5, 5.41) is 8.61. The number of rotatable bonds is 7. The minimum absolute atomic E-state index is 0.172. The summed E-state index contributed by atoms with van der Waals surface area (Å²) in [6.07, 6.45) is 0.347. The standard InChI is InChI=1S/C14H21NO3/c1-11(2)18-13-6-4-12(5-7-13)10-15(3)9-8-14(16)17/h4-7,11H,8-10H2,1-3H3,(H,16,17). The molecule has 1 aromatic rings. The van der Waals surface area contributed by atoms with Gasteiger partial charge in [-0.25, -0.2) is 0 Å². The smallest absolute Gasteiger partial charge is 0.304 e. The number of carboxylic acids is 1. The van der Waals surface area contributed by atoms with Crippen molar-refractivity contribution in [3.05, 3.63) is 29.8 Å². The van der Waals surface area contributed by atoms with Crippen LogP contribution in [0.15, 0.2) is 24.3 Å². The van der Waals surface area contributed by atoms with Gasteiger partial charge in [0.2, 0.25) is 0 Å². The Morgan fingerprint density at radius 1 is 1.33 bits per heavy atom. The van der Waals surface area contributed by atoms with Gasteiger partial charge in [-0.05, 0) is 38.6 Å². The molecule has 0 bridgehead atoms. The molecule has 4 heteroatoms. The van der Waals surface area contributed by atoms with E-state index in [1.807, 2.05) is 50.1 Å². The first kappa shape index (κ1) is 14.5. The molecule has 0 spiro atoms. The summed E-state index contributed by atoms with van der Waals surface area (Å²) < 4.78 is 5.56. The van der Waals surface area contributed by atoms with Crippen molar-refractivity contribution in [3.8, 4) is 5.75 Å². The van der Waals surface area contributed by atoms with Gasteiger partial charge in [-0.15, -0.1) is 0 Å². The second kappa shape index (κ2) is 7.01. The molecule has 4 nitrogen and oxygen atoms in total. The largest absolute Gasteiger partial charge is 0.491 e. The van der Waals surface area contributed by atoms with Gasteiger partial charge >= 0.3 is 5.97 Å². The molecule has 0 saturated carbocycles. The molecule has 0 aliphatic heterocycles. The van der Waals surface area contributed by atoms with Crippen LogP contribution in [0.5, 0.6) is 5.75 Å². The summed E-state index contributed by atoms with van der Waals surface area (Å²) in [5.41, 5.74) is 1.15. The number of nitrogens with zero attached hydrogens (tertiary/aromatic N) is 1. The molecule has 0 aliphatic rings. The predicted molar refractivity (Wildman–Crippen MR) is 70.8 cm³/mol. The van der Waals surface area contributed by atoms with Crippen molar-refractivity contribution in [3.63, 3.8) is 0 Å². The Morgan fingerprint density at radius 3 is 2.44 bits per heavy atom. The molecule has 0 aromatic heterocycles. The van der Waals surface area contributed by atoms with E-state index in [4.69, 9.17) is 9.84 Å². The molecule has 18 heavy (non-hydrogen) atoms. The van der Waals surface area contributed by atoms with E-state index in [0.29, 0.717) is 6.54 Å². The van der Waals surface area contributed by atoms with Gasteiger partial charge in [0.05, 0.1) is 12.5 Å². The van der Waals surface area contributed by atoms with Gasteiger partial charge in [-0.1, -0.05) is 12.1 Å². The average molecular weight is 251 g/mol. The molecule has 1 N–H and O–H groups in total. The number of hydrogen-bond acceptors (Lipinski definition) is 3. The van der Waals surface area contributed by atoms with Gasteiger partial charge in [0, 0.05) is 13.1 Å². The Bertz CT molecular complexity index is 373. The van der Waals surface area contributed by atoms with Crippen molar-refractivity contribution in [2.24, 2.45) is 0 Å². The Morgan fingerprint density at radius 2 is 1.94 bits per heavy atom. The first-order chi connectivity index (χ1) is 8.47. The number of hydrogen-bond donors (Lipinski definition) is 1. The monoisotopic (exact) mass is 251 g/mol. The van der Waals surface area contributed by atoms with Crippen molar-refractivity contribution in [1.29, 1.82) is 0 Å². The van der Waals surface area contributed by atoms with Crippen LogP contribution in [0.25, 0.3) is 0 Å². The molecule has 0 radical (unpaired) electrons. The topological polar surface area (TPSA) is 49.8 Å². The number of carbonyl (C=O) groups is 1. The van der Waals surface area contributed by atoms with Crippen LogP contribution in [-0.4, -0.2) is 35.7 Å². The Labute approximate surface area is 108 Å². The number of ether oxygens (including phenoxy) is 1. The van der Waals surface area contributed by atoms with E-state index < -0.39 is 5.97 Å². The minimum atomic E-state index is -0.762. The van der Waals surface area contributed by atoms with E-state index in [1.54, 1.807) is 0 Å².